The fourth-order valence-electron chi connectivity index (χ4n) is 3.18. The number of hydrogen-bond donors (Lipinski definition) is 2. The van der Waals surface area contributed by atoms with Crippen molar-refractivity contribution in [3.63, 3.8) is 0 Å². The summed E-state index contributed by atoms with van der Waals surface area (Å²) >= 11 is 6.06. The molecule has 29 heavy (non-hydrogen) atoms. The topological polar surface area (TPSA) is 84.7 Å². The second kappa shape index (κ2) is 8.20. The summed E-state index contributed by atoms with van der Waals surface area (Å²) < 4.78 is 45.9. The number of ether oxygens (including phenoxy) is 1. The number of nitrogens with two attached hydrogens (primary N) is 1. The number of hydrogen-bond acceptors (Lipinski definition) is 3. The molecule has 1 aliphatic rings. The number of aryl methyl sites for hydroxylation is 1. The van der Waals surface area contributed by atoms with Crippen molar-refractivity contribution in [2.24, 2.45) is 5.73 Å². The first-order chi connectivity index (χ1) is 13.7. The molecular formula is C19H17ClF3N3O3. The highest BCUT2D eigenvalue weighted by Crippen LogP contribution is 2.43. The van der Waals surface area contributed by atoms with Gasteiger partial charge in [0, 0.05) is 12.5 Å². The summed E-state index contributed by atoms with van der Waals surface area (Å²) in [5.74, 6) is -1.28. The van der Waals surface area contributed by atoms with E-state index in [-0.39, 0.29) is 28.6 Å². The van der Waals surface area contributed by atoms with Gasteiger partial charge in [0.1, 0.15) is 17.6 Å². The van der Waals surface area contributed by atoms with E-state index in [2.05, 4.69) is 5.32 Å². The molecule has 0 spiro atoms. The van der Waals surface area contributed by atoms with Gasteiger partial charge in [-0.05, 0) is 30.2 Å². The Morgan fingerprint density at radius 2 is 2.10 bits per heavy atom. The molecule has 3 rings (SSSR count). The van der Waals surface area contributed by atoms with Crippen LogP contribution in [0.5, 0.6) is 11.5 Å². The van der Waals surface area contributed by atoms with Crippen LogP contribution >= 0.6 is 11.6 Å². The van der Waals surface area contributed by atoms with Crippen LogP contribution in [-0.2, 0) is 11.2 Å². The number of nitrogens with zero attached hydrogens (tertiary/aromatic N) is 1. The number of primary amides is 1. The lowest BCUT2D eigenvalue weighted by Crippen LogP contribution is -2.55. The third-order valence-electron chi connectivity index (χ3n) is 4.41. The molecule has 2 aromatic rings. The van der Waals surface area contributed by atoms with E-state index in [1.807, 2.05) is 0 Å². The minimum atomic E-state index is -2.84. The smallest absolute Gasteiger partial charge is 0.312 e. The van der Waals surface area contributed by atoms with Gasteiger partial charge in [-0.25, -0.2) is 18.0 Å². The van der Waals surface area contributed by atoms with Gasteiger partial charge in [-0.1, -0.05) is 23.7 Å². The maximum Gasteiger partial charge on any atom is 0.312 e. The summed E-state index contributed by atoms with van der Waals surface area (Å²) in [6.45, 7) is 0.737. The van der Waals surface area contributed by atoms with Gasteiger partial charge in [0.25, 0.3) is 6.43 Å². The molecule has 3 N–H and O–H groups in total. The molecule has 1 atom stereocenters. The van der Waals surface area contributed by atoms with Crippen LogP contribution in [0.3, 0.4) is 0 Å². The molecule has 0 saturated carbocycles. The molecule has 154 valence electrons. The number of anilines is 1. The van der Waals surface area contributed by atoms with Crippen molar-refractivity contribution in [2.45, 2.75) is 25.8 Å². The number of benzene rings is 2. The minimum absolute atomic E-state index is 0.0232. The Hall–Kier alpha value is -2.94. The second-order valence-electron chi connectivity index (χ2n) is 6.50. The summed E-state index contributed by atoms with van der Waals surface area (Å²) in [4.78, 5) is 24.8. The van der Waals surface area contributed by atoms with E-state index in [9.17, 15) is 22.8 Å². The predicted molar refractivity (Wildman–Crippen MR) is 101 cm³/mol. The van der Waals surface area contributed by atoms with E-state index in [1.165, 1.54) is 6.07 Å². The quantitative estimate of drug-likeness (QED) is 0.761. The molecule has 0 fully saturated rings. The van der Waals surface area contributed by atoms with Crippen LogP contribution in [0.15, 0.2) is 30.3 Å². The first-order valence-corrected chi connectivity index (χ1v) is 8.96. The molecule has 1 heterocycles. The van der Waals surface area contributed by atoms with Gasteiger partial charge in [-0.3, -0.25) is 4.79 Å². The van der Waals surface area contributed by atoms with Crippen molar-refractivity contribution in [1.29, 1.82) is 0 Å². The molecule has 0 unspecified atom stereocenters. The zero-order valence-corrected chi connectivity index (χ0v) is 16.0. The molecule has 2 aromatic carbocycles. The maximum atomic E-state index is 13.6. The third-order valence-corrected chi connectivity index (χ3v) is 4.72. The van der Waals surface area contributed by atoms with Crippen molar-refractivity contribution in [3.05, 3.63) is 52.3 Å². The first kappa shape index (κ1) is 20.8. The minimum Gasteiger partial charge on any atom is -0.453 e. The zero-order chi connectivity index (χ0) is 21.3. The largest absolute Gasteiger partial charge is 0.453 e. The average Bonchev–Trinajstić information content (AvgIpc) is 2.63. The van der Waals surface area contributed by atoms with Crippen molar-refractivity contribution < 1.29 is 27.5 Å². The van der Waals surface area contributed by atoms with E-state index >= 15 is 0 Å². The van der Waals surface area contributed by atoms with E-state index in [0.717, 1.165) is 17.0 Å². The molecule has 1 aliphatic heterocycles. The number of urea groups is 1. The van der Waals surface area contributed by atoms with Gasteiger partial charge in [-0.15, -0.1) is 0 Å². The zero-order valence-electron chi connectivity index (χ0n) is 15.2. The molecule has 3 amide bonds. The lowest BCUT2D eigenvalue weighted by Gasteiger charge is -2.35. The van der Waals surface area contributed by atoms with Crippen molar-refractivity contribution >= 4 is 29.2 Å². The van der Waals surface area contributed by atoms with Crippen LogP contribution in [-0.4, -0.2) is 31.0 Å². The van der Waals surface area contributed by atoms with Crippen LogP contribution in [0.4, 0.5) is 23.7 Å². The van der Waals surface area contributed by atoms with E-state index in [0.29, 0.717) is 11.1 Å². The fraction of sp³-hybridized carbons (Fsp3) is 0.263. The highest BCUT2D eigenvalue weighted by atomic mass is 35.5. The third kappa shape index (κ3) is 4.40. The highest BCUT2D eigenvalue weighted by Gasteiger charge is 2.37. The number of amides is 3. The molecule has 10 heteroatoms. The SMILES string of the molecule is Cc1ccc2c(c1Oc1cc(F)ccc1Cl)N(CC(F)F)C(=O)[C@H](NC(N)=O)C2. The molecule has 0 bridgehead atoms. The standard InChI is InChI=1S/C19H17ClF3N3O3/c1-9-2-3-10-6-13(25-19(24)28)18(27)26(8-15(22)23)16(10)17(9)29-14-7-11(21)4-5-12(14)20/h2-5,7,13,15H,6,8H2,1H3,(H3,24,25,28)/t13-/m1/s1. The Labute approximate surface area is 169 Å². The molecule has 6 nitrogen and oxygen atoms in total. The number of rotatable bonds is 5. The monoisotopic (exact) mass is 427 g/mol. The lowest BCUT2D eigenvalue weighted by molar-refractivity contribution is -0.121. The fourth-order valence-corrected chi connectivity index (χ4v) is 3.33. The van der Waals surface area contributed by atoms with Crippen LogP contribution < -0.4 is 20.7 Å². The summed E-state index contributed by atoms with van der Waals surface area (Å²) in [6, 6.07) is 4.78. The molecule has 0 radical (unpaired) electrons. The molecule has 0 aliphatic carbocycles. The Bertz CT molecular complexity index is 971. The number of carbonyl (C=O) groups is 2. The number of halogens is 4. The summed E-state index contributed by atoms with van der Waals surface area (Å²) in [5, 5.41) is 2.38. The van der Waals surface area contributed by atoms with Crippen molar-refractivity contribution in [3.8, 4) is 11.5 Å². The lowest BCUT2D eigenvalue weighted by atomic mass is 9.94. The second-order valence-corrected chi connectivity index (χ2v) is 6.91. The average molecular weight is 428 g/mol. The van der Waals surface area contributed by atoms with Gasteiger partial charge >= 0.3 is 6.03 Å². The van der Waals surface area contributed by atoms with Crippen molar-refractivity contribution in [2.75, 3.05) is 11.4 Å². The summed E-state index contributed by atoms with van der Waals surface area (Å²) in [6.07, 6.45) is -2.81. The van der Waals surface area contributed by atoms with E-state index in [4.69, 9.17) is 22.1 Å². The molecule has 0 saturated heterocycles. The Kier molecular flexibility index (Phi) is 5.88. The van der Waals surface area contributed by atoms with Crippen LogP contribution in [0.25, 0.3) is 0 Å². The Morgan fingerprint density at radius 3 is 2.76 bits per heavy atom. The van der Waals surface area contributed by atoms with Crippen LogP contribution in [0, 0.1) is 12.7 Å². The maximum absolute atomic E-state index is 13.6. The number of alkyl halides is 2. The first-order valence-electron chi connectivity index (χ1n) is 8.58. The van der Waals surface area contributed by atoms with E-state index < -0.39 is 36.8 Å². The van der Waals surface area contributed by atoms with Crippen LogP contribution in [0.2, 0.25) is 5.02 Å². The number of carbonyl (C=O) groups excluding carboxylic acids is 2. The van der Waals surface area contributed by atoms with Gasteiger partial charge in [0.15, 0.2) is 5.75 Å². The Balaban J connectivity index is 2.12. The summed E-state index contributed by atoms with van der Waals surface area (Å²) in [5.41, 5.74) is 6.23. The normalized spacial score (nSPS) is 16.0. The van der Waals surface area contributed by atoms with Crippen LogP contribution in [0.1, 0.15) is 11.1 Å². The van der Waals surface area contributed by atoms with Gasteiger partial charge < -0.3 is 20.7 Å². The molecule has 0 aromatic heterocycles. The van der Waals surface area contributed by atoms with Gasteiger partial charge in [0.05, 0.1) is 17.3 Å². The van der Waals surface area contributed by atoms with Crippen molar-refractivity contribution in [1.82, 2.24) is 5.32 Å². The van der Waals surface area contributed by atoms with Gasteiger partial charge in [0.2, 0.25) is 5.91 Å². The Morgan fingerprint density at radius 1 is 1.38 bits per heavy atom. The highest BCUT2D eigenvalue weighted by molar-refractivity contribution is 6.32. The van der Waals surface area contributed by atoms with E-state index in [1.54, 1.807) is 19.1 Å². The van der Waals surface area contributed by atoms with Gasteiger partial charge in [-0.2, -0.15) is 0 Å². The summed E-state index contributed by atoms with van der Waals surface area (Å²) in [7, 11) is 0. The number of nitrogens with one attached hydrogen (secondary N) is 1. The number of fused-ring (bicyclic) bond motifs is 1. The molecular weight excluding hydrogens is 411 g/mol. The predicted octanol–water partition coefficient (Wildman–Crippen LogP) is 3.77.